The van der Waals surface area contributed by atoms with Crippen LogP contribution in [-0.2, 0) is 0 Å². The highest BCUT2D eigenvalue weighted by molar-refractivity contribution is 5.37. The molecule has 0 amide bonds. The van der Waals surface area contributed by atoms with E-state index >= 15 is 0 Å². The van der Waals surface area contributed by atoms with E-state index in [1.807, 2.05) is 18.2 Å². The molecule has 0 saturated heterocycles. The molecule has 0 fully saturated rings. The average Bonchev–Trinajstić information content (AvgIpc) is 2.31. The predicted octanol–water partition coefficient (Wildman–Crippen LogP) is 3.27. The van der Waals surface area contributed by atoms with Gasteiger partial charge in [-0.05, 0) is 24.8 Å². The van der Waals surface area contributed by atoms with Gasteiger partial charge in [0.25, 0.3) is 0 Å². The van der Waals surface area contributed by atoms with E-state index in [0.717, 1.165) is 30.6 Å². The largest absolute Gasteiger partial charge is 0.490 e. The van der Waals surface area contributed by atoms with Crippen LogP contribution in [0.25, 0.3) is 0 Å². The molecule has 2 nitrogen and oxygen atoms in total. The minimum Gasteiger partial charge on any atom is -0.490 e. The second kappa shape index (κ2) is 4.88. The number of nitrogens with two attached hydrogens (primary N) is 1. The van der Waals surface area contributed by atoms with Crippen molar-refractivity contribution in [3.63, 3.8) is 0 Å². The van der Waals surface area contributed by atoms with Crippen LogP contribution in [0.2, 0.25) is 0 Å². The Hall–Kier alpha value is -1.02. The summed E-state index contributed by atoms with van der Waals surface area (Å²) in [4.78, 5) is 0. The van der Waals surface area contributed by atoms with Crippen LogP contribution in [0.5, 0.6) is 5.75 Å². The number of fused-ring (bicyclic) bond motifs is 1. The van der Waals surface area contributed by atoms with E-state index in [2.05, 4.69) is 19.9 Å². The first-order valence-corrected chi connectivity index (χ1v) is 6.27. The zero-order chi connectivity index (χ0) is 11.5. The lowest BCUT2D eigenvalue weighted by Crippen LogP contribution is -2.34. The van der Waals surface area contributed by atoms with Crippen LogP contribution < -0.4 is 10.5 Å². The number of ether oxygens (including phenoxy) is 1. The van der Waals surface area contributed by atoms with E-state index in [9.17, 15) is 0 Å². The summed E-state index contributed by atoms with van der Waals surface area (Å²) in [6.45, 7) is 4.45. The Bertz CT molecular complexity index is 346. The molecule has 0 radical (unpaired) electrons. The van der Waals surface area contributed by atoms with Gasteiger partial charge in [0.15, 0.2) is 0 Å². The van der Waals surface area contributed by atoms with E-state index in [4.69, 9.17) is 10.5 Å². The number of hydrogen-bond donors (Lipinski definition) is 1. The highest BCUT2D eigenvalue weighted by Gasteiger charge is 2.29. The Labute approximate surface area is 97.8 Å². The molecule has 2 atom stereocenters. The standard InChI is InChI=1S/C14H21NO/c1-3-10(4-2)14-9-12(15)11-7-5-6-8-13(11)16-14/h5-8,10,12,14H,3-4,9,15H2,1-2H3/t12-,14?/m0/s1. The first-order valence-electron chi connectivity index (χ1n) is 6.27. The van der Waals surface area contributed by atoms with Gasteiger partial charge in [-0.15, -0.1) is 0 Å². The van der Waals surface area contributed by atoms with Crippen molar-refractivity contribution in [3.8, 4) is 5.75 Å². The number of rotatable bonds is 3. The molecule has 1 aromatic rings. The third-order valence-electron chi connectivity index (χ3n) is 3.66. The number of para-hydroxylation sites is 1. The fourth-order valence-electron chi connectivity index (χ4n) is 2.59. The minimum absolute atomic E-state index is 0.135. The van der Waals surface area contributed by atoms with Gasteiger partial charge in [0.1, 0.15) is 11.9 Å². The molecule has 16 heavy (non-hydrogen) atoms. The van der Waals surface area contributed by atoms with Crippen LogP contribution in [-0.4, -0.2) is 6.10 Å². The van der Waals surface area contributed by atoms with Gasteiger partial charge in [-0.1, -0.05) is 32.0 Å². The minimum atomic E-state index is 0.135. The molecule has 0 aromatic heterocycles. The maximum Gasteiger partial charge on any atom is 0.124 e. The van der Waals surface area contributed by atoms with Gasteiger partial charge >= 0.3 is 0 Å². The van der Waals surface area contributed by atoms with Crippen LogP contribution in [0, 0.1) is 5.92 Å². The van der Waals surface area contributed by atoms with Crippen molar-refractivity contribution >= 4 is 0 Å². The normalized spacial score (nSPS) is 24.0. The van der Waals surface area contributed by atoms with Crippen LogP contribution in [0.1, 0.15) is 44.7 Å². The number of hydrogen-bond acceptors (Lipinski definition) is 2. The Balaban J connectivity index is 2.20. The molecule has 0 saturated carbocycles. The zero-order valence-corrected chi connectivity index (χ0v) is 10.1. The van der Waals surface area contributed by atoms with Crippen molar-refractivity contribution < 1.29 is 4.74 Å². The fraction of sp³-hybridized carbons (Fsp3) is 0.571. The third kappa shape index (κ3) is 2.07. The number of benzene rings is 1. The summed E-state index contributed by atoms with van der Waals surface area (Å²) >= 11 is 0. The second-order valence-corrected chi connectivity index (χ2v) is 4.61. The molecular weight excluding hydrogens is 198 g/mol. The molecule has 2 heteroatoms. The quantitative estimate of drug-likeness (QED) is 0.846. The van der Waals surface area contributed by atoms with Gasteiger partial charge in [0.2, 0.25) is 0 Å². The third-order valence-corrected chi connectivity index (χ3v) is 3.66. The molecule has 1 aliphatic rings. The van der Waals surface area contributed by atoms with Crippen LogP contribution in [0.3, 0.4) is 0 Å². The molecule has 1 aromatic carbocycles. The summed E-state index contributed by atoms with van der Waals surface area (Å²) in [6.07, 6.45) is 3.56. The van der Waals surface area contributed by atoms with Gasteiger partial charge in [-0.3, -0.25) is 0 Å². The molecule has 88 valence electrons. The lowest BCUT2D eigenvalue weighted by atomic mass is 9.87. The van der Waals surface area contributed by atoms with Crippen LogP contribution >= 0.6 is 0 Å². The monoisotopic (exact) mass is 219 g/mol. The summed E-state index contributed by atoms with van der Waals surface area (Å²) in [5.74, 6) is 1.61. The molecule has 1 heterocycles. The van der Waals surface area contributed by atoms with Crippen molar-refractivity contribution in [2.75, 3.05) is 0 Å². The Morgan fingerprint density at radius 1 is 1.31 bits per heavy atom. The van der Waals surface area contributed by atoms with Gasteiger partial charge in [-0.25, -0.2) is 0 Å². The fourth-order valence-corrected chi connectivity index (χ4v) is 2.59. The molecule has 0 bridgehead atoms. The van der Waals surface area contributed by atoms with Crippen molar-refractivity contribution in [2.45, 2.75) is 45.3 Å². The van der Waals surface area contributed by atoms with E-state index in [1.165, 1.54) is 0 Å². The van der Waals surface area contributed by atoms with Crippen molar-refractivity contribution in [2.24, 2.45) is 11.7 Å². The molecule has 1 aliphatic heterocycles. The second-order valence-electron chi connectivity index (χ2n) is 4.61. The van der Waals surface area contributed by atoms with Gasteiger partial charge in [-0.2, -0.15) is 0 Å². The molecule has 1 unspecified atom stereocenters. The predicted molar refractivity (Wildman–Crippen MR) is 66.5 cm³/mol. The van der Waals surface area contributed by atoms with Crippen molar-refractivity contribution in [3.05, 3.63) is 29.8 Å². The molecular formula is C14H21NO. The Kier molecular flexibility index (Phi) is 3.49. The van der Waals surface area contributed by atoms with Crippen molar-refractivity contribution in [1.82, 2.24) is 0 Å². The Morgan fingerprint density at radius 3 is 2.69 bits per heavy atom. The highest BCUT2D eigenvalue weighted by atomic mass is 16.5. The lowest BCUT2D eigenvalue weighted by Gasteiger charge is -2.34. The zero-order valence-electron chi connectivity index (χ0n) is 10.1. The topological polar surface area (TPSA) is 35.2 Å². The summed E-state index contributed by atoms with van der Waals surface area (Å²) in [5, 5.41) is 0. The summed E-state index contributed by atoms with van der Waals surface area (Å²) in [7, 11) is 0. The van der Waals surface area contributed by atoms with E-state index < -0.39 is 0 Å². The van der Waals surface area contributed by atoms with Gasteiger partial charge < -0.3 is 10.5 Å². The van der Waals surface area contributed by atoms with Crippen LogP contribution in [0.15, 0.2) is 24.3 Å². The highest BCUT2D eigenvalue weighted by Crippen LogP contribution is 2.36. The van der Waals surface area contributed by atoms with Crippen molar-refractivity contribution in [1.29, 1.82) is 0 Å². The SMILES string of the molecule is CCC(CC)C1C[C@H](N)c2ccccc2O1. The Morgan fingerprint density at radius 2 is 2.00 bits per heavy atom. The van der Waals surface area contributed by atoms with E-state index in [0.29, 0.717) is 12.0 Å². The summed E-state index contributed by atoms with van der Waals surface area (Å²) in [5.41, 5.74) is 7.36. The van der Waals surface area contributed by atoms with Gasteiger partial charge in [0.05, 0.1) is 0 Å². The maximum atomic E-state index is 6.20. The van der Waals surface area contributed by atoms with E-state index in [1.54, 1.807) is 0 Å². The summed E-state index contributed by atoms with van der Waals surface area (Å²) < 4.78 is 6.07. The molecule has 2 rings (SSSR count). The van der Waals surface area contributed by atoms with Gasteiger partial charge in [0, 0.05) is 18.0 Å². The molecule has 2 N–H and O–H groups in total. The lowest BCUT2D eigenvalue weighted by molar-refractivity contribution is 0.0944. The van der Waals surface area contributed by atoms with Crippen LogP contribution in [0.4, 0.5) is 0 Å². The molecule has 0 spiro atoms. The van der Waals surface area contributed by atoms with E-state index in [-0.39, 0.29) is 6.04 Å². The average molecular weight is 219 g/mol. The first-order chi connectivity index (χ1) is 7.76. The summed E-state index contributed by atoms with van der Waals surface area (Å²) in [6, 6.07) is 8.28. The molecule has 0 aliphatic carbocycles. The first kappa shape index (κ1) is 11.5. The maximum absolute atomic E-state index is 6.20. The smallest absolute Gasteiger partial charge is 0.124 e.